The maximum absolute atomic E-state index is 13.7. The normalized spacial score (nSPS) is 11.3. The summed E-state index contributed by atoms with van der Waals surface area (Å²) in [6.07, 6.45) is 1.47. The van der Waals surface area contributed by atoms with Gasteiger partial charge in [-0.05, 0) is 72.6 Å². The maximum atomic E-state index is 13.7. The lowest BCUT2D eigenvalue weighted by molar-refractivity contribution is 0.0955. The second kappa shape index (κ2) is 12.7. The van der Waals surface area contributed by atoms with Gasteiger partial charge in [-0.1, -0.05) is 48.0 Å². The molecule has 1 N–H and O–H groups in total. The molecule has 4 aromatic rings. The first kappa shape index (κ1) is 28.7. The molecule has 0 unspecified atom stereocenters. The highest BCUT2D eigenvalue weighted by Gasteiger charge is 2.27. The smallest absolute Gasteiger partial charge is 0.271 e. The Bertz CT molecular complexity index is 1630. The fourth-order valence-corrected chi connectivity index (χ4v) is 5.68. The summed E-state index contributed by atoms with van der Waals surface area (Å²) in [4.78, 5) is 12.9. The van der Waals surface area contributed by atoms with Crippen LogP contribution in [0.15, 0.2) is 101 Å². The van der Waals surface area contributed by atoms with Gasteiger partial charge in [-0.25, -0.2) is 13.8 Å². The molecule has 4 rings (SSSR count). The van der Waals surface area contributed by atoms with Crippen LogP contribution in [0.25, 0.3) is 0 Å². The highest BCUT2D eigenvalue weighted by atomic mass is 35.5. The summed E-state index contributed by atoms with van der Waals surface area (Å²) in [6, 6.07) is 25.3. The third-order valence-electron chi connectivity index (χ3n) is 6.19. The summed E-state index contributed by atoms with van der Waals surface area (Å²) in [7, 11) is -0.813. The van der Waals surface area contributed by atoms with Crippen LogP contribution in [0.5, 0.6) is 11.5 Å². The number of sulfonamides is 1. The molecule has 1 amide bonds. The molecule has 0 saturated carbocycles. The van der Waals surface area contributed by atoms with Gasteiger partial charge in [-0.15, -0.1) is 0 Å². The molecule has 0 atom stereocenters. The minimum Gasteiger partial charge on any atom is -0.497 e. The van der Waals surface area contributed by atoms with Crippen molar-refractivity contribution < 1.29 is 22.7 Å². The molecule has 0 heterocycles. The van der Waals surface area contributed by atoms with E-state index in [4.69, 9.17) is 21.1 Å². The molecular formula is C30H28ClN3O5S. The van der Waals surface area contributed by atoms with E-state index in [-0.39, 0.29) is 11.4 Å². The van der Waals surface area contributed by atoms with Crippen LogP contribution in [0.3, 0.4) is 0 Å². The van der Waals surface area contributed by atoms with Crippen LogP contribution in [0, 0.1) is 6.92 Å². The fourth-order valence-electron chi connectivity index (χ4n) is 3.98. The molecule has 0 aliphatic rings. The number of hydrogen-bond donors (Lipinski definition) is 1. The first-order valence-corrected chi connectivity index (χ1v) is 14.0. The molecular weight excluding hydrogens is 550 g/mol. The Labute approximate surface area is 238 Å². The van der Waals surface area contributed by atoms with Crippen LogP contribution in [0.4, 0.5) is 5.69 Å². The second-order valence-corrected chi connectivity index (χ2v) is 11.0. The lowest BCUT2D eigenvalue weighted by Crippen LogP contribution is -2.31. The van der Waals surface area contributed by atoms with E-state index in [1.165, 1.54) is 10.5 Å². The minimum atomic E-state index is -3.91. The number of carbonyl (C=O) groups is 1. The number of hydrogen-bond acceptors (Lipinski definition) is 6. The lowest BCUT2D eigenvalue weighted by atomic mass is 10.1. The van der Waals surface area contributed by atoms with Crippen molar-refractivity contribution in [1.29, 1.82) is 0 Å². The molecule has 0 aromatic heterocycles. The molecule has 0 bridgehead atoms. The second-order valence-electron chi connectivity index (χ2n) is 8.71. The van der Waals surface area contributed by atoms with Gasteiger partial charge >= 0.3 is 0 Å². The number of rotatable bonds is 10. The summed E-state index contributed by atoms with van der Waals surface area (Å²) in [5.41, 5.74) is 5.28. The van der Waals surface area contributed by atoms with Crippen molar-refractivity contribution in [3.63, 3.8) is 0 Å². The maximum Gasteiger partial charge on any atom is 0.271 e. The van der Waals surface area contributed by atoms with Crippen LogP contribution in [-0.4, -0.2) is 34.8 Å². The Morgan fingerprint density at radius 3 is 2.35 bits per heavy atom. The Balaban J connectivity index is 1.55. The average Bonchev–Trinajstić information content (AvgIpc) is 2.98. The third-order valence-corrected chi connectivity index (χ3v) is 8.37. The Morgan fingerprint density at radius 2 is 1.68 bits per heavy atom. The monoisotopic (exact) mass is 577 g/mol. The first-order valence-electron chi connectivity index (χ1n) is 12.2. The summed E-state index contributed by atoms with van der Waals surface area (Å²) < 4.78 is 39.2. The van der Waals surface area contributed by atoms with Crippen molar-refractivity contribution in [2.24, 2.45) is 5.10 Å². The molecule has 0 saturated heterocycles. The summed E-state index contributed by atoms with van der Waals surface area (Å²) >= 11 is 6.33. The van der Waals surface area contributed by atoms with Gasteiger partial charge in [0, 0.05) is 16.1 Å². The van der Waals surface area contributed by atoms with Crippen molar-refractivity contribution >= 4 is 39.4 Å². The van der Waals surface area contributed by atoms with Crippen molar-refractivity contribution in [2.75, 3.05) is 18.5 Å². The SMILES string of the molecule is COc1ccc(OC)c(/C=N\NC(=O)c2ccc(CN(c3cccc(Cl)c3C)S(=O)(=O)c3ccccc3)cc2)c1. The van der Waals surface area contributed by atoms with E-state index in [2.05, 4.69) is 10.5 Å². The minimum absolute atomic E-state index is 0.0358. The van der Waals surface area contributed by atoms with Crippen LogP contribution in [0.2, 0.25) is 5.02 Å². The number of nitrogens with zero attached hydrogens (tertiary/aromatic N) is 2. The Morgan fingerprint density at radius 1 is 0.950 bits per heavy atom. The molecule has 206 valence electrons. The van der Waals surface area contributed by atoms with Crippen LogP contribution in [0.1, 0.15) is 27.0 Å². The van der Waals surface area contributed by atoms with Gasteiger partial charge in [-0.3, -0.25) is 9.10 Å². The zero-order chi connectivity index (χ0) is 28.7. The van der Waals surface area contributed by atoms with E-state index in [1.54, 1.807) is 112 Å². The van der Waals surface area contributed by atoms with Gasteiger partial charge < -0.3 is 9.47 Å². The van der Waals surface area contributed by atoms with Gasteiger partial charge in [0.1, 0.15) is 11.5 Å². The van der Waals surface area contributed by atoms with E-state index in [1.807, 2.05) is 0 Å². The van der Waals surface area contributed by atoms with Crippen LogP contribution >= 0.6 is 11.6 Å². The predicted molar refractivity (Wildman–Crippen MR) is 157 cm³/mol. The Hall–Kier alpha value is -4.34. The van der Waals surface area contributed by atoms with E-state index in [0.717, 1.165) is 0 Å². The molecule has 0 spiro atoms. The number of amides is 1. The fraction of sp³-hybridized carbons (Fsp3) is 0.133. The molecule has 8 nitrogen and oxygen atoms in total. The largest absolute Gasteiger partial charge is 0.497 e. The van der Waals surface area contributed by atoms with Gasteiger partial charge in [0.2, 0.25) is 0 Å². The average molecular weight is 578 g/mol. The van der Waals surface area contributed by atoms with Gasteiger partial charge in [0.25, 0.3) is 15.9 Å². The molecule has 0 aliphatic heterocycles. The number of nitrogens with one attached hydrogen (secondary N) is 1. The topological polar surface area (TPSA) is 97.3 Å². The number of anilines is 1. The van der Waals surface area contributed by atoms with Crippen molar-refractivity contribution in [2.45, 2.75) is 18.4 Å². The summed E-state index contributed by atoms with van der Waals surface area (Å²) in [6.45, 7) is 1.81. The van der Waals surface area contributed by atoms with Crippen LogP contribution < -0.4 is 19.2 Å². The number of halogens is 1. The first-order chi connectivity index (χ1) is 19.2. The van der Waals surface area contributed by atoms with E-state index < -0.39 is 15.9 Å². The number of ether oxygens (including phenoxy) is 2. The van der Waals surface area contributed by atoms with E-state index >= 15 is 0 Å². The quantitative estimate of drug-likeness (QED) is 0.189. The van der Waals surface area contributed by atoms with Crippen molar-refractivity contribution in [3.05, 3.63) is 118 Å². The molecule has 0 aliphatic carbocycles. The summed E-state index contributed by atoms with van der Waals surface area (Å²) in [5, 5.41) is 4.50. The zero-order valence-corrected chi connectivity index (χ0v) is 23.7. The number of methoxy groups -OCH3 is 2. The lowest BCUT2D eigenvalue weighted by Gasteiger charge is -2.26. The molecule has 0 radical (unpaired) electrons. The highest BCUT2D eigenvalue weighted by molar-refractivity contribution is 7.92. The number of benzene rings is 4. The van der Waals surface area contributed by atoms with Gasteiger partial charge in [0.05, 0.1) is 37.6 Å². The molecule has 4 aromatic carbocycles. The highest BCUT2D eigenvalue weighted by Crippen LogP contribution is 2.32. The number of hydrazone groups is 1. The third kappa shape index (κ3) is 6.44. The van der Waals surface area contributed by atoms with Gasteiger partial charge in [-0.2, -0.15) is 5.10 Å². The van der Waals surface area contributed by atoms with E-state index in [9.17, 15) is 13.2 Å². The van der Waals surface area contributed by atoms with Crippen molar-refractivity contribution in [3.8, 4) is 11.5 Å². The number of carbonyl (C=O) groups excluding carboxylic acids is 1. The van der Waals surface area contributed by atoms with Crippen LogP contribution in [-0.2, 0) is 16.6 Å². The molecule has 0 fully saturated rings. The summed E-state index contributed by atoms with van der Waals surface area (Å²) in [5.74, 6) is 0.776. The van der Waals surface area contributed by atoms with Crippen molar-refractivity contribution in [1.82, 2.24) is 5.43 Å². The molecule has 10 heteroatoms. The Kier molecular flexibility index (Phi) is 9.08. The standard InChI is InChI=1S/C30H28ClN3O5S/c1-21-27(31)10-7-11-28(21)34(40(36,37)26-8-5-4-6-9-26)20-22-12-14-23(15-13-22)30(35)33-32-19-24-18-25(38-2)16-17-29(24)39-3/h4-19H,20H2,1-3H3,(H,33,35)/b32-19-. The zero-order valence-electron chi connectivity index (χ0n) is 22.2. The predicted octanol–water partition coefficient (Wildman–Crippen LogP) is 5.83. The molecule has 40 heavy (non-hydrogen) atoms. The van der Waals surface area contributed by atoms with E-state index in [0.29, 0.717) is 44.5 Å². The van der Waals surface area contributed by atoms with Gasteiger partial charge in [0.15, 0.2) is 0 Å².